The molecule has 2 amide bonds. The van der Waals surface area contributed by atoms with E-state index >= 15 is 0 Å². The number of amides is 2. The zero-order valence-corrected chi connectivity index (χ0v) is 17.3. The molecule has 4 saturated carbocycles. The number of likely N-dealkylation sites (tertiary alicyclic amines) is 1. The topological polar surface area (TPSA) is 52.6 Å². The molecule has 1 aliphatic heterocycles. The lowest BCUT2D eigenvalue weighted by Crippen LogP contribution is -2.48. The highest BCUT2D eigenvalue weighted by atomic mass is 35.5. The average Bonchev–Trinajstić information content (AvgIpc) is 2.68. The van der Waals surface area contributed by atoms with Crippen LogP contribution in [0.4, 0.5) is 10.5 Å². The van der Waals surface area contributed by atoms with Crippen molar-refractivity contribution in [1.29, 1.82) is 0 Å². The number of nitrogens with one attached hydrogen (secondary N) is 1. The monoisotopic (exact) mass is 402 g/mol. The summed E-state index contributed by atoms with van der Waals surface area (Å²) in [4.78, 5) is 14.4. The number of hydrogen-bond donors (Lipinski definition) is 2. The second-order valence-electron chi connectivity index (χ2n) is 9.94. The molecule has 0 spiro atoms. The fraction of sp³-hybridized carbons (Fsp3) is 0.696. The van der Waals surface area contributed by atoms with Crippen molar-refractivity contribution in [2.24, 2.45) is 23.7 Å². The molecule has 1 aromatic rings. The van der Waals surface area contributed by atoms with Gasteiger partial charge in [0.05, 0.1) is 10.7 Å². The Hall–Kier alpha value is -1.26. The molecule has 28 heavy (non-hydrogen) atoms. The van der Waals surface area contributed by atoms with Gasteiger partial charge in [-0.25, -0.2) is 4.79 Å². The Morgan fingerprint density at radius 2 is 1.71 bits per heavy atom. The largest absolute Gasteiger partial charge is 0.396 e. The highest BCUT2D eigenvalue weighted by Gasteiger charge is 2.51. The molecule has 4 aliphatic carbocycles. The van der Waals surface area contributed by atoms with Crippen molar-refractivity contribution in [3.63, 3.8) is 0 Å². The molecule has 5 fully saturated rings. The SMILES string of the molecule is O=C(Nc1ccc(C23CC4CC(CC(C4)C2)C3)cc1Cl)N1CCC(CO)CC1. The van der Waals surface area contributed by atoms with E-state index in [0.717, 1.165) is 30.6 Å². The number of halogens is 1. The number of piperidine rings is 1. The molecule has 2 N–H and O–H groups in total. The van der Waals surface area contributed by atoms with Gasteiger partial charge < -0.3 is 15.3 Å². The van der Waals surface area contributed by atoms with Gasteiger partial charge in [-0.1, -0.05) is 17.7 Å². The summed E-state index contributed by atoms with van der Waals surface area (Å²) in [7, 11) is 0. The molecule has 1 aromatic carbocycles. The van der Waals surface area contributed by atoms with Gasteiger partial charge in [0, 0.05) is 19.7 Å². The number of hydrogen-bond acceptors (Lipinski definition) is 2. The lowest BCUT2D eigenvalue weighted by Gasteiger charge is -2.57. The highest BCUT2D eigenvalue weighted by molar-refractivity contribution is 6.33. The van der Waals surface area contributed by atoms with E-state index < -0.39 is 0 Å². The van der Waals surface area contributed by atoms with Crippen LogP contribution in [0, 0.1) is 23.7 Å². The molecule has 6 rings (SSSR count). The minimum absolute atomic E-state index is 0.0826. The third-order valence-corrected chi connectivity index (χ3v) is 8.33. The molecule has 0 atom stereocenters. The molecule has 5 aliphatic rings. The zero-order valence-electron chi connectivity index (χ0n) is 16.5. The number of aliphatic hydroxyl groups is 1. The third kappa shape index (κ3) is 3.33. The average molecular weight is 403 g/mol. The maximum atomic E-state index is 12.6. The van der Waals surface area contributed by atoms with Crippen molar-refractivity contribution in [1.82, 2.24) is 4.90 Å². The smallest absolute Gasteiger partial charge is 0.321 e. The van der Waals surface area contributed by atoms with Gasteiger partial charge in [0.2, 0.25) is 0 Å². The number of benzene rings is 1. The first kappa shape index (κ1) is 18.7. The van der Waals surface area contributed by atoms with Crippen LogP contribution >= 0.6 is 11.6 Å². The Morgan fingerprint density at radius 1 is 1.11 bits per heavy atom. The van der Waals surface area contributed by atoms with Crippen LogP contribution in [0.3, 0.4) is 0 Å². The van der Waals surface area contributed by atoms with Gasteiger partial charge >= 0.3 is 6.03 Å². The van der Waals surface area contributed by atoms with E-state index in [1.165, 1.54) is 44.1 Å². The number of carbonyl (C=O) groups excluding carboxylic acids is 1. The fourth-order valence-corrected chi connectivity index (χ4v) is 7.15. The van der Waals surface area contributed by atoms with E-state index in [4.69, 9.17) is 11.6 Å². The van der Waals surface area contributed by atoms with Crippen molar-refractivity contribution in [2.75, 3.05) is 25.0 Å². The lowest BCUT2D eigenvalue weighted by atomic mass is 9.48. The van der Waals surface area contributed by atoms with Gasteiger partial charge in [-0.3, -0.25) is 0 Å². The van der Waals surface area contributed by atoms with Crippen LogP contribution in [-0.2, 0) is 5.41 Å². The highest BCUT2D eigenvalue weighted by Crippen LogP contribution is 2.61. The van der Waals surface area contributed by atoms with Gasteiger partial charge in [0.1, 0.15) is 0 Å². The Labute approximate surface area is 172 Å². The normalized spacial score (nSPS) is 34.6. The molecule has 0 unspecified atom stereocenters. The molecular weight excluding hydrogens is 372 g/mol. The molecule has 152 valence electrons. The van der Waals surface area contributed by atoms with Crippen LogP contribution in [0.25, 0.3) is 0 Å². The van der Waals surface area contributed by atoms with E-state index in [-0.39, 0.29) is 12.6 Å². The Balaban J connectivity index is 1.29. The van der Waals surface area contributed by atoms with Gasteiger partial charge in [-0.15, -0.1) is 0 Å². The molecule has 4 bridgehead atoms. The molecule has 0 radical (unpaired) electrons. The van der Waals surface area contributed by atoms with Crippen molar-refractivity contribution in [3.8, 4) is 0 Å². The van der Waals surface area contributed by atoms with E-state index in [9.17, 15) is 9.90 Å². The summed E-state index contributed by atoms with van der Waals surface area (Å²) in [6.07, 6.45) is 10.0. The van der Waals surface area contributed by atoms with Crippen molar-refractivity contribution >= 4 is 23.3 Å². The van der Waals surface area contributed by atoms with Crippen LogP contribution < -0.4 is 5.32 Å². The van der Waals surface area contributed by atoms with Crippen molar-refractivity contribution < 1.29 is 9.90 Å². The minimum atomic E-state index is -0.0826. The van der Waals surface area contributed by atoms with Gasteiger partial charge in [0.15, 0.2) is 0 Å². The van der Waals surface area contributed by atoms with Crippen LogP contribution in [-0.4, -0.2) is 35.7 Å². The lowest BCUT2D eigenvalue weighted by molar-refractivity contribution is -0.00517. The maximum absolute atomic E-state index is 12.6. The number of rotatable bonds is 3. The quantitative estimate of drug-likeness (QED) is 0.743. The third-order valence-electron chi connectivity index (χ3n) is 8.02. The summed E-state index contributed by atoms with van der Waals surface area (Å²) < 4.78 is 0. The minimum Gasteiger partial charge on any atom is -0.396 e. The predicted octanol–water partition coefficient (Wildman–Crippen LogP) is 5.04. The molecule has 0 aromatic heterocycles. The molecular formula is C23H31ClN2O2. The first-order valence-electron chi connectivity index (χ1n) is 11.0. The van der Waals surface area contributed by atoms with Crippen LogP contribution in [0.15, 0.2) is 18.2 Å². The molecule has 1 heterocycles. The summed E-state index contributed by atoms with van der Waals surface area (Å²) >= 11 is 6.63. The first-order valence-corrected chi connectivity index (χ1v) is 11.4. The second-order valence-corrected chi connectivity index (χ2v) is 10.3. The Morgan fingerprint density at radius 3 is 2.25 bits per heavy atom. The summed E-state index contributed by atoms with van der Waals surface area (Å²) in [6, 6.07) is 6.27. The van der Waals surface area contributed by atoms with Crippen LogP contribution in [0.2, 0.25) is 5.02 Å². The summed E-state index contributed by atoms with van der Waals surface area (Å²) in [5, 5.41) is 12.9. The zero-order chi connectivity index (χ0) is 19.3. The molecule has 5 heteroatoms. The summed E-state index contributed by atoms with van der Waals surface area (Å²) in [6.45, 7) is 1.60. The summed E-state index contributed by atoms with van der Waals surface area (Å²) in [5.74, 6) is 3.05. The number of urea groups is 1. The first-order chi connectivity index (χ1) is 13.5. The van der Waals surface area contributed by atoms with E-state index in [1.807, 2.05) is 11.0 Å². The number of anilines is 1. The van der Waals surface area contributed by atoms with Crippen LogP contribution in [0.5, 0.6) is 0 Å². The van der Waals surface area contributed by atoms with E-state index in [2.05, 4.69) is 17.4 Å². The molecule has 4 nitrogen and oxygen atoms in total. The van der Waals surface area contributed by atoms with Gasteiger partial charge in [-0.2, -0.15) is 0 Å². The number of nitrogens with zero attached hydrogens (tertiary/aromatic N) is 1. The fourth-order valence-electron chi connectivity index (χ4n) is 6.92. The standard InChI is InChI=1S/C23H31ClN2O2/c24-20-10-19(23-11-16-7-17(12-23)9-18(8-16)13-23)1-2-21(20)25-22(28)26-5-3-15(14-27)4-6-26/h1-2,10,15-18,27H,3-9,11-14H2,(H,25,28). The Bertz CT molecular complexity index is 722. The van der Waals surface area contributed by atoms with E-state index in [1.54, 1.807) is 0 Å². The summed E-state index contributed by atoms with van der Waals surface area (Å²) in [5.41, 5.74) is 2.43. The van der Waals surface area contributed by atoms with Crippen molar-refractivity contribution in [2.45, 2.75) is 56.8 Å². The van der Waals surface area contributed by atoms with Gasteiger partial charge in [-0.05, 0) is 98.1 Å². The number of aliphatic hydroxyl groups excluding tert-OH is 1. The predicted molar refractivity (Wildman–Crippen MR) is 112 cm³/mol. The van der Waals surface area contributed by atoms with E-state index in [0.29, 0.717) is 35.1 Å². The second kappa shape index (κ2) is 7.21. The van der Waals surface area contributed by atoms with Crippen LogP contribution in [0.1, 0.15) is 56.9 Å². The van der Waals surface area contributed by atoms with Crippen molar-refractivity contribution in [3.05, 3.63) is 28.8 Å². The maximum Gasteiger partial charge on any atom is 0.321 e. The molecule has 1 saturated heterocycles. The number of carbonyl (C=O) groups is 1. The van der Waals surface area contributed by atoms with Gasteiger partial charge in [0.25, 0.3) is 0 Å². The Kier molecular flexibility index (Phi) is 4.83.